The highest BCUT2D eigenvalue weighted by molar-refractivity contribution is 5.94. The van der Waals surface area contributed by atoms with Crippen LogP contribution in [0.4, 0.5) is 5.69 Å². The highest BCUT2D eigenvalue weighted by Crippen LogP contribution is 2.23. The Morgan fingerprint density at radius 2 is 1.85 bits per heavy atom. The van der Waals surface area contributed by atoms with E-state index in [-0.39, 0.29) is 11.5 Å². The molecule has 0 saturated carbocycles. The summed E-state index contributed by atoms with van der Waals surface area (Å²) in [4.78, 5) is 24.9. The molecule has 0 aliphatic rings. The highest BCUT2D eigenvalue weighted by Gasteiger charge is 2.20. The number of hydrogen-bond acceptors (Lipinski definition) is 4. The van der Waals surface area contributed by atoms with E-state index < -0.39 is 6.04 Å². The molecule has 134 valence electrons. The maximum Gasteiger partial charge on any atom is 0.267 e. The van der Waals surface area contributed by atoms with Crippen molar-refractivity contribution in [3.63, 3.8) is 0 Å². The lowest BCUT2D eigenvalue weighted by molar-refractivity contribution is -0.119. The Hall–Kier alpha value is -3.15. The third kappa shape index (κ3) is 3.44. The average molecular weight is 351 g/mol. The predicted octanol–water partition coefficient (Wildman–Crippen LogP) is 3.63. The van der Waals surface area contributed by atoms with E-state index in [4.69, 9.17) is 4.42 Å². The Bertz CT molecular complexity index is 980. The van der Waals surface area contributed by atoms with Gasteiger partial charge in [-0.3, -0.25) is 9.59 Å². The molecule has 1 aromatic carbocycles. The highest BCUT2D eigenvalue weighted by atomic mass is 16.3. The van der Waals surface area contributed by atoms with Gasteiger partial charge in [-0.2, -0.15) is 5.10 Å². The summed E-state index contributed by atoms with van der Waals surface area (Å²) >= 11 is 0. The molecule has 3 aromatic rings. The SMILES string of the molecule is Cc1cc(C)c(NC(=O)C(C)n2nc(-c3ccco3)ccc2=O)c(C)c1. The van der Waals surface area contributed by atoms with Gasteiger partial charge >= 0.3 is 0 Å². The van der Waals surface area contributed by atoms with E-state index in [9.17, 15) is 9.59 Å². The van der Waals surface area contributed by atoms with E-state index in [1.165, 1.54) is 17.0 Å². The van der Waals surface area contributed by atoms with E-state index in [2.05, 4.69) is 10.4 Å². The molecule has 2 heterocycles. The standard InChI is InChI=1S/C20H21N3O3/c1-12-10-13(2)19(14(3)11-12)21-20(25)15(4)23-18(24)8-7-16(22-23)17-6-5-9-26-17/h5-11,15H,1-4H3,(H,21,25). The van der Waals surface area contributed by atoms with E-state index in [1.54, 1.807) is 25.1 Å². The maximum absolute atomic E-state index is 12.7. The minimum atomic E-state index is -0.766. The van der Waals surface area contributed by atoms with Gasteiger partial charge in [-0.05, 0) is 57.0 Å². The molecule has 0 fully saturated rings. The Morgan fingerprint density at radius 1 is 1.15 bits per heavy atom. The molecule has 3 rings (SSSR count). The fourth-order valence-corrected chi connectivity index (χ4v) is 2.97. The molecule has 6 nitrogen and oxygen atoms in total. The fourth-order valence-electron chi connectivity index (χ4n) is 2.97. The lowest BCUT2D eigenvalue weighted by Crippen LogP contribution is -2.33. The third-order valence-electron chi connectivity index (χ3n) is 4.27. The number of anilines is 1. The molecule has 0 aliphatic carbocycles. The molecule has 1 atom stereocenters. The Morgan fingerprint density at radius 3 is 2.46 bits per heavy atom. The quantitative estimate of drug-likeness (QED) is 0.779. The third-order valence-corrected chi connectivity index (χ3v) is 4.27. The Balaban J connectivity index is 1.90. The molecule has 2 aromatic heterocycles. The van der Waals surface area contributed by atoms with Crippen LogP contribution in [0.15, 0.2) is 51.9 Å². The zero-order valence-electron chi connectivity index (χ0n) is 15.2. The van der Waals surface area contributed by atoms with Gasteiger partial charge in [0.25, 0.3) is 5.56 Å². The molecule has 0 spiro atoms. The van der Waals surface area contributed by atoms with Gasteiger partial charge in [0.1, 0.15) is 11.7 Å². The fraction of sp³-hybridized carbons (Fsp3) is 0.250. The molecular formula is C20H21N3O3. The number of aryl methyl sites for hydroxylation is 3. The number of nitrogens with one attached hydrogen (secondary N) is 1. The summed E-state index contributed by atoms with van der Waals surface area (Å²) in [7, 11) is 0. The molecule has 0 aliphatic heterocycles. The van der Waals surface area contributed by atoms with Crippen LogP contribution in [0.2, 0.25) is 0 Å². The average Bonchev–Trinajstić information content (AvgIpc) is 3.12. The Kier molecular flexibility index (Phi) is 4.75. The second kappa shape index (κ2) is 7.00. The van der Waals surface area contributed by atoms with Crippen molar-refractivity contribution >= 4 is 11.6 Å². The van der Waals surface area contributed by atoms with Gasteiger partial charge < -0.3 is 9.73 Å². The first-order valence-electron chi connectivity index (χ1n) is 8.39. The summed E-state index contributed by atoms with van der Waals surface area (Å²) in [5, 5.41) is 7.21. The maximum atomic E-state index is 12.7. The molecule has 26 heavy (non-hydrogen) atoms. The molecule has 6 heteroatoms. The second-order valence-corrected chi connectivity index (χ2v) is 6.42. The van der Waals surface area contributed by atoms with Gasteiger partial charge in [0.05, 0.1) is 6.26 Å². The molecule has 1 unspecified atom stereocenters. The number of furan rings is 1. The van der Waals surface area contributed by atoms with Crippen molar-refractivity contribution in [2.45, 2.75) is 33.7 Å². The van der Waals surface area contributed by atoms with Crippen LogP contribution in [0.3, 0.4) is 0 Å². The summed E-state index contributed by atoms with van der Waals surface area (Å²) < 4.78 is 6.49. The smallest absolute Gasteiger partial charge is 0.267 e. The summed E-state index contributed by atoms with van der Waals surface area (Å²) in [6.07, 6.45) is 1.53. The van der Waals surface area contributed by atoms with Gasteiger partial charge in [-0.25, -0.2) is 4.68 Å². The van der Waals surface area contributed by atoms with Crippen LogP contribution >= 0.6 is 0 Å². The van der Waals surface area contributed by atoms with Crippen molar-refractivity contribution in [2.24, 2.45) is 0 Å². The van der Waals surface area contributed by atoms with Crippen LogP contribution in [0.5, 0.6) is 0 Å². The number of carbonyl (C=O) groups is 1. The van der Waals surface area contributed by atoms with E-state index in [0.717, 1.165) is 22.4 Å². The van der Waals surface area contributed by atoms with Crippen molar-refractivity contribution in [3.05, 3.63) is 69.7 Å². The minimum absolute atomic E-state index is 0.300. The van der Waals surface area contributed by atoms with Crippen LogP contribution < -0.4 is 10.9 Å². The van der Waals surface area contributed by atoms with Crippen molar-refractivity contribution in [1.29, 1.82) is 0 Å². The number of nitrogens with zero attached hydrogens (tertiary/aromatic N) is 2. The van der Waals surface area contributed by atoms with Crippen molar-refractivity contribution < 1.29 is 9.21 Å². The van der Waals surface area contributed by atoms with Gasteiger partial charge in [0.15, 0.2) is 5.76 Å². The van der Waals surface area contributed by atoms with Crippen molar-refractivity contribution in [1.82, 2.24) is 9.78 Å². The monoisotopic (exact) mass is 351 g/mol. The molecular weight excluding hydrogens is 330 g/mol. The van der Waals surface area contributed by atoms with Gasteiger partial charge in [0, 0.05) is 11.8 Å². The topological polar surface area (TPSA) is 77.1 Å². The first-order valence-corrected chi connectivity index (χ1v) is 8.39. The minimum Gasteiger partial charge on any atom is -0.463 e. The van der Waals surface area contributed by atoms with Crippen molar-refractivity contribution in [3.8, 4) is 11.5 Å². The number of hydrogen-bond donors (Lipinski definition) is 1. The van der Waals surface area contributed by atoms with E-state index >= 15 is 0 Å². The van der Waals surface area contributed by atoms with Crippen LogP contribution in [-0.4, -0.2) is 15.7 Å². The summed E-state index contributed by atoms with van der Waals surface area (Å²) in [6, 6.07) is 9.71. The van der Waals surface area contributed by atoms with Crippen LogP contribution in [0.1, 0.15) is 29.7 Å². The van der Waals surface area contributed by atoms with Gasteiger partial charge in [-0.1, -0.05) is 17.7 Å². The first kappa shape index (κ1) is 17.7. The van der Waals surface area contributed by atoms with Crippen LogP contribution in [0.25, 0.3) is 11.5 Å². The molecule has 1 N–H and O–H groups in total. The lowest BCUT2D eigenvalue weighted by Gasteiger charge is -2.17. The summed E-state index contributed by atoms with van der Waals surface area (Å²) in [5.74, 6) is 0.239. The molecule has 0 bridgehead atoms. The normalized spacial score (nSPS) is 12.0. The zero-order chi connectivity index (χ0) is 18.8. The number of rotatable bonds is 4. The second-order valence-electron chi connectivity index (χ2n) is 6.42. The summed E-state index contributed by atoms with van der Waals surface area (Å²) in [6.45, 7) is 7.55. The molecule has 0 radical (unpaired) electrons. The Labute approximate surface area is 151 Å². The largest absolute Gasteiger partial charge is 0.463 e. The predicted molar refractivity (Wildman–Crippen MR) is 100 cm³/mol. The first-order chi connectivity index (χ1) is 12.4. The van der Waals surface area contributed by atoms with Crippen LogP contribution in [0, 0.1) is 20.8 Å². The lowest BCUT2D eigenvalue weighted by atomic mass is 10.0. The van der Waals surface area contributed by atoms with Gasteiger partial charge in [-0.15, -0.1) is 0 Å². The zero-order valence-corrected chi connectivity index (χ0v) is 15.2. The summed E-state index contributed by atoms with van der Waals surface area (Å²) in [5.41, 5.74) is 4.01. The van der Waals surface area contributed by atoms with E-state index in [0.29, 0.717) is 11.5 Å². The van der Waals surface area contributed by atoms with Crippen molar-refractivity contribution in [2.75, 3.05) is 5.32 Å². The molecule has 1 amide bonds. The number of aromatic nitrogens is 2. The van der Waals surface area contributed by atoms with Gasteiger partial charge in [0.2, 0.25) is 5.91 Å². The number of benzene rings is 1. The number of carbonyl (C=O) groups excluding carboxylic acids is 1. The number of amides is 1. The van der Waals surface area contributed by atoms with E-state index in [1.807, 2.05) is 32.9 Å². The van der Waals surface area contributed by atoms with Crippen LogP contribution in [-0.2, 0) is 4.79 Å². The molecule has 0 saturated heterocycles.